The lowest BCUT2D eigenvalue weighted by Gasteiger charge is -2.20. The molecule has 0 saturated carbocycles. The Bertz CT molecular complexity index is 729. The van der Waals surface area contributed by atoms with E-state index in [0.717, 1.165) is 38.1 Å². The van der Waals surface area contributed by atoms with Crippen molar-refractivity contribution >= 4 is 34.0 Å². The molecule has 148 valence electrons. The van der Waals surface area contributed by atoms with Gasteiger partial charge in [0.15, 0.2) is 0 Å². The third kappa shape index (κ3) is 6.83. The highest BCUT2D eigenvalue weighted by atomic mass is 35.5. The number of rotatable bonds is 6. The summed E-state index contributed by atoms with van der Waals surface area (Å²) < 4.78 is 41.1. The van der Waals surface area contributed by atoms with Crippen molar-refractivity contribution in [3.8, 4) is 0 Å². The van der Waals surface area contributed by atoms with Crippen LogP contribution in [0.15, 0.2) is 23.1 Å². The molecule has 1 aliphatic rings. The molecule has 0 radical (unpaired) electrons. The zero-order chi connectivity index (χ0) is 18.7. The fourth-order valence-corrected chi connectivity index (χ4v) is 4.29. The molecule has 1 fully saturated rings. The molecule has 0 aromatic heterocycles. The van der Waals surface area contributed by atoms with Gasteiger partial charge in [-0.3, -0.25) is 4.79 Å². The first kappa shape index (κ1) is 22.8. The van der Waals surface area contributed by atoms with Crippen LogP contribution in [0, 0.1) is 11.7 Å². The van der Waals surface area contributed by atoms with Crippen molar-refractivity contribution in [2.45, 2.75) is 50.5 Å². The Morgan fingerprint density at radius 3 is 2.62 bits per heavy atom. The molecule has 6 nitrogen and oxygen atoms in total. The van der Waals surface area contributed by atoms with Gasteiger partial charge in [0.1, 0.15) is 10.7 Å². The summed E-state index contributed by atoms with van der Waals surface area (Å²) in [6.07, 6.45) is 2.19. The molecular weight excluding hydrogens is 381 g/mol. The van der Waals surface area contributed by atoms with E-state index < -0.39 is 26.3 Å². The van der Waals surface area contributed by atoms with Gasteiger partial charge in [-0.1, -0.05) is 0 Å². The third-order valence-electron chi connectivity index (χ3n) is 3.89. The molecule has 1 atom stereocenters. The predicted octanol–water partition coefficient (Wildman–Crippen LogP) is 2.65. The van der Waals surface area contributed by atoms with Gasteiger partial charge in [0, 0.05) is 17.6 Å². The highest BCUT2D eigenvalue weighted by molar-refractivity contribution is 7.89. The quantitative estimate of drug-likeness (QED) is 0.676. The molecule has 1 aromatic rings. The molecule has 9 heteroatoms. The normalized spacial score (nSPS) is 17.6. The summed E-state index contributed by atoms with van der Waals surface area (Å²) in [6.45, 7) is 6.92. The van der Waals surface area contributed by atoms with E-state index in [4.69, 9.17) is 0 Å². The van der Waals surface area contributed by atoms with Gasteiger partial charge in [-0.2, -0.15) is 0 Å². The molecule has 0 bridgehead atoms. The van der Waals surface area contributed by atoms with Crippen LogP contribution in [0.5, 0.6) is 0 Å². The van der Waals surface area contributed by atoms with E-state index in [1.54, 1.807) is 20.8 Å². The minimum absolute atomic E-state index is 0. The summed E-state index contributed by atoms with van der Waals surface area (Å²) in [5.74, 6) is -0.566. The van der Waals surface area contributed by atoms with Gasteiger partial charge < -0.3 is 10.6 Å². The van der Waals surface area contributed by atoms with E-state index in [9.17, 15) is 17.6 Å². The Labute approximate surface area is 160 Å². The second kappa shape index (κ2) is 9.12. The number of halogens is 2. The van der Waals surface area contributed by atoms with Crippen molar-refractivity contribution in [3.63, 3.8) is 0 Å². The number of hydrogen-bond donors (Lipinski definition) is 3. The zero-order valence-corrected chi connectivity index (χ0v) is 16.9. The molecule has 3 N–H and O–H groups in total. The number of sulfonamides is 1. The molecule has 1 saturated heterocycles. The van der Waals surface area contributed by atoms with Crippen LogP contribution in [0.1, 0.15) is 40.0 Å². The number of benzene rings is 1. The molecule has 1 amide bonds. The van der Waals surface area contributed by atoms with Crippen LogP contribution in [0.2, 0.25) is 0 Å². The van der Waals surface area contributed by atoms with Crippen LogP contribution in [0.25, 0.3) is 0 Å². The Hall–Kier alpha value is -1.22. The Balaban J connectivity index is 0.00000338. The fraction of sp³-hybridized carbons (Fsp3) is 0.588. The fourth-order valence-electron chi connectivity index (χ4n) is 2.76. The topological polar surface area (TPSA) is 87.3 Å². The summed E-state index contributed by atoms with van der Waals surface area (Å²) in [4.78, 5) is 11.6. The first-order chi connectivity index (χ1) is 11.6. The minimum Gasteiger partial charge on any atom is -0.326 e. The summed E-state index contributed by atoms with van der Waals surface area (Å²) in [5, 5.41) is 5.90. The van der Waals surface area contributed by atoms with Crippen molar-refractivity contribution in [2.24, 2.45) is 5.92 Å². The van der Waals surface area contributed by atoms with Crippen LogP contribution in [-0.4, -0.2) is 33.0 Å². The van der Waals surface area contributed by atoms with E-state index in [1.807, 2.05) is 0 Å². The van der Waals surface area contributed by atoms with Crippen molar-refractivity contribution in [3.05, 3.63) is 24.0 Å². The summed E-state index contributed by atoms with van der Waals surface area (Å²) in [7, 11) is -4.02. The average molecular weight is 408 g/mol. The van der Waals surface area contributed by atoms with Gasteiger partial charge >= 0.3 is 0 Å². The van der Waals surface area contributed by atoms with E-state index in [-0.39, 0.29) is 24.0 Å². The highest BCUT2D eigenvalue weighted by Crippen LogP contribution is 2.22. The second-order valence-corrected chi connectivity index (χ2v) is 9.10. The van der Waals surface area contributed by atoms with Gasteiger partial charge in [-0.15, -0.1) is 12.4 Å². The summed E-state index contributed by atoms with van der Waals surface area (Å²) in [5.41, 5.74) is -0.468. The molecule has 1 heterocycles. The number of carbonyl (C=O) groups excluding carboxylic acids is 1. The second-order valence-electron chi connectivity index (χ2n) is 7.45. The van der Waals surface area contributed by atoms with Gasteiger partial charge in [0.25, 0.3) is 0 Å². The van der Waals surface area contributed by atoms with Crippen molar-refractivity contribution in [2.75, 3.05) is 18.4 Å². The van der Waals surface area contributed by atoms with Gasteiger partial charge in [-0.25, -0.2) is 17.5 Å². The molecule has 2 rings (SSSR count). The van der Waals surface area contributed by atoms with Gasteiger partial charge in [0.05, 0.1) is 0 Å². The molecule has 0 spiro atoms. The first-order valence-corrected chi connectivity index (χ1v) is 9.89. The van der Waals surface area contributed by atoms with Crippen molar-refractivity contribution in [1.29, 1.82) is 0 Å². The number of anilines is 1. The average Bonchev–Trinajstić information content (AvgIpc) is 2.98. The monoisotopic (exact) mass is 407 g/mol. The van der Waals surface area contributed by atoms with E-state index in [2.05, 4.69) is 15.4 Å². The first-order valence-electron chi connectivity index (χ1n) is 8.41. The molecule has 1 unspecified atom stereocenters. The lowest BCUT2D eigenvalue weighted by atomic mass is 10.0. The molecule has 1 aliphatic heterocycles. The number of amides is 1. The van der Waals surface area contributed by atoms with Gasteiger partial charge in [-0.05, 0) is 70.8 Å². The zero-order valence-electron chi connectivity index (χ0n) is 15.3. The standard InChI is InChI=1S/C17H26FN3O3S.ClH/c1-17(2,3)21-25(23,24)15-10-13(5-6-14(15)18)20-16(22)7-4-12-8-9-19-11-12;/h5-6,10,12,19,21H,4,7-9,11H2,1-3H3,(H,20,22);1H. The maximum atomic E-state index is 14.0. The van der Waals surface area contributed by atoms with Crippen LogP contribution in [0.3, 0.4) is 0 Å². The lowest BCUT2D eigenvalue weighted by molar-refractivity contribution is -0.116. The van der Waals surface area contributed by atoms with E-state index in [0.29, 0.717) is 12.3 Å². The third-order valence-corrected chi connectivity index (χ3v) is 5.66. The lowest BCUT2D eigenvalue weighted by Crippen LogP contribution is -2.40. The van der Waals surface area contributed by atoms with E-state index in [1.165, 1.54) is 6.07 Å². The largest absolute Gasteiger partial charge is 0.326 e. The minimum atomic E-state index is -4.02. The van der Waals surface area contributed by atoms with Gasteiger partial charge in [0.2, 0.25) is 15.9 Å². The maximum absolute atomic E-state index is 14.0. The van der Waals surface area contributed by atoms with Crippen LogP contribution >= 0.6 is 12.4 Å². The molecule has 26 heavy (non-hydrogen) atoms. The van der Waals surface area contributed by atoms with Crippen LogP contribution in [-0.2, 0) is 14.8 Å². The summed E-state index contributed by atoms with van der Waals surface area (Å²) in [6, 6.07) is 3.56. The Kier molecular flexibility index (Phi) is 8.01. The Morgan fingerprint density at radius 1 is 1.35 bits per heavy atom. The maximum Gasteiger partial charge on any atom is 0.244 e. The van der Waals surface area contributed by atoms with Crippen molar-refractivity contribution < 1.29 is 17.6 Å². The predicted molar refractivity (Wildman–Crippen MR) is 103 cm³/mol. The molecular formula is C17H27ClFN3O3S. The smallest absolute Gasteiger partial charge is 0.244 e. The van der Waals surface area contributed by atoms with E-state index >= 15 is 0 Å². The molecule has 1 aromatic carbocycles. The number of nitrogens with one attached hydrogen (secondary N) is 3. The SMILES string of the molecule is CC(C)(C)NS(=O)(=O)c1cc(NC(=O)CCC2CCNC2)ccc1F.Cl. The summed E-state index contributed by atoms with van der Waals surface area (Å²) >= 11 is 0. The molecule has 0 aliphatic carbocycles. The van der Waals surface area contributed by atoms with Crippen LogP contribution < -0.4 is 15.4 Å². The Morgan fingerprint density at radius 2 is 2.04 bits per heavy atom. The number of carbonyl (C=O) groups is 1. The van der Waals surface area contributed by atoms with Crippen molar-refractivity contribution in [1.82, 2.24) is 10.0 Å². The van der Waals surface area contributed by atoms with Crippen LogP contribution in [0.4, 0.5) is 10.1 Å². The number of hydrogen-bond acceptors (Lipinski definition) is 4. The highest BCUT2D eigenvalue weighted by Gasteiger charge is 2.25.